The maximum atomic E-state index is 12.2. The molecule has 0 bridgehead atoms. The molecule has 11 heteroatoms. The fraction of sp³-hybridized carbons (Fsp3) is 0.333. The molecule has 3 rings (SSSR count). The molecule has 0 aliphatic carbocycles. The summed E-state index contributed by atoms with van der Waals surface area (Å²) >= 11 is 0. The summed E-state index contributed by atoms with van der Waals surface area (Å²) in [5, 5.41) is 68.3. The number of esters is 1. The van der Waals surface area contributed by atoms with E-state index in [9.17, 15) is 40.7 Å². The molecule has 0 spiro atoms. The minimum atomic E-state index is -1.73. The maximum absolute atomic E-state index is 12.2. The summed E-state index contributed by atoms with van der Waals surface area (Å²) in [5.74, 6) is -3.35. The predicted octanol–water partition coefficient (Wildman–Crippen LogP) is 0.0493. The highest BCUT2D eigenvalue weighted by Gasteiger charge is 2.45. The van der Waals surface area contributed by atoms with E-state index in [0.717, 1.165) is 12.1 Å². The molecule has 1 heterocycles. The molecule has 1 fully saturated rings. The van der Waals surface area contributed by atoms with Crippen molar-refractivity contribution in [1.29, 1.82) is 5.26 Å². The SMILES string of the molecule is N#C[C@H](O[C@@H]1O[C@@H](COC(=O)c2cc(O)c(O)c(O)c2)[C@@H](O)[C@@H](O)[C@H]1O)c1ccccc1. The second-order valence-corrected chi connectivity index (χ2v) is 7.03. The summed E-state index contributed by atoms with van der Waals surface area (Å²) in [7, 11) is 0. The summed E-state index contributed by atoms with van der Waals surface area (Å²) in [5.41, 5.74) is 0.173. The van der Waals surface area contributed by atoms with Crippen LogP contribution in [-0.4, -0.2) is 73.9 Å². The van der Waals surface area contributed by atoms with Crippen LogP contribution in [0.3, 0.4) is 0 Å². The van der Waals surface area contributed by atoms with Crippen molar-refractivity contribution in [2.24, 2.45) is 0 Å². The Morgan fingerprint density at radius 3 is 2.25 bits per heavy atom. The monoisotopic (exact) mass is 447 g/mol. The first-order chi connectivity index (χ1) is 15.2. The van der Waals surface area contributed by atoms with Crippen LogP contribution in [0.5, 0.6) is 17.2 Å². The van der Waals surface area contributed by atoms with Gasteiger partial charge in [-0.05, 0) is 17.7 Å². The number of benzene rings is 2. The van der Waals surface area contributed by atoms with Crippen LogP contribution in [0, 0.1) is 11.3 Å². The zero-order valence-corrected chi connectivity index (χ0v) is 16.5. The normalized spacial score (nSPS) is 26.1. The number of aromatic hydroxyl groups is 3. The van der Waals surface area contributed by atoms with E-state index >= 15 is 0 Å². The molecule has 2 aromatic rings. The molecule has 0 amide bonds. The topological polar surface area (TPSA) is 190 Å². The number of aliphatic hydroxyl groups excluding tert-OH is 3. The van der Waals surface area contributed by atoms with Crippen molar-refractivity contribution in [3.05, 3.63) is 53.6 Å². The highest BCUT2D eigenvalue weighted by Crippen LogP contribution is 2.35. The molecule has 6 N–H and O–H groups in total. The van der Waals surface area contributed by atoms with E-state index < -0.39 is 66.6 Å². The number of rotatable bonds is 6. The molecule has 6 atom stereocenters. The summed E-state index contributed by atoms with van der Waals surface area (Å²) in [4.78, 5) is 12.2. The smallest absolute Gasteiger partial charge is 0.338 e. The Kier molecular flexibility index (Phi) is 7.14. The van der Waals surface area contributed by atoms with Gasteiger partial charge in [-0.3, -0.25) is 0 Å². The summed E-state index contributed by atoms with van der Waals surface area (Å²) in [6.07, 6.45) is -9.08. The number of phenolic OH excluding ortho intramolecular Hbond substituents is 3. The molecular formula is C21H21NO10. The summed E-state index contributed by atoms with van der Waals surface area (Å²) in [6.45, 7) is -0.603. The summed E-state index contributed by atoms with van der Waals surface area (Å²) in [6, 6.07) is 12.0. The highest BCUT2D eigenvalue weighted by atomic mass is 16.7. The Labute approximate surface area is 181 Å². The molecule has 32 heavy (non-hydrogen) atoms. The fourth-order valence-corrected chi connectivity index (χ4v) is 3.08. The van der Waals surface area contributed by atoms with E-state index in [-0.39, 0.29) is 5.56 Å². The van der Waals surface area contributed by atoms with Crippen molar-refractivity contribution < 1.29 is 49.6 Å². The first-order valence-electron chi connectivity index (χ1n) is 9.44. The van der Waals surface area contributed by atoms with E-state index in [0.29, 0.717) is 5.56 Å². The van der Waals surface area contributed by atoms with Crippen molar-refractivity contribution in [2.45, 2.75) is 36.8 Å². The molecule has 11 nitrogen and oxygen atoms in total. The van der Waals surface area contributed by atoms with Crippen LogP contribution in [0.2, 0.25) is 0 Å². The zero-order chi connectivity index (χ0) is 23.4. The number of nitrogens with zero attached hydrogens (tertiary/aromatic N) is 1. The molecule has 2 aromatic carbocycles. The number of hydrogen-bond donors (Lipinski definition) is 6. The molecule has 0 unspecified atom stereocenters. The quantitative estimate of drug-likeness (QED) is 0.259. The zero-order valence-electron chi connectivity index (χ0n) is 16.5. The lowest BCUT2D eigenvalue weighted by Gasteiger charge is -2.40. The maximum Gasteiger partial charge on any atom is 0.338 e. The second-order valence-electron chi connectivity index (χ2n) is 7.03. The molecule has 1 aliphatic rings. The third-order valence-electron chi connectivity index (χ3n) is 4.84. The molecule has 0 saturated carbocycles. The first kappa shape index (κ1) is 23.3. The summed E-state index contributed by atoms with van der Waals surface area (Å²) < 4.78 is 15.9. The van der Waals surface area contributed by atoms with Gasteiger partial charge in [0.05, 0.1) is 11.6 Å². The Balaban J connectivity index is 1.69. The molecule has 1 aliphatic heterocycles. The van der Waals surface area contributed by atoms with Gasteiger partial charge in [-0.25, -0.2) is 4.79 Å². The standard InChI is InChI=1S/C21H21NO10/c22-8-14(10-4-2-1-3-5-10)31-21-19(28)18(27)17(26)15(32-21)9-30-20(29)11-6-12(23)16(25)13(24)7-11/h1-7,14-15,17-19,21,23-28H,9H2/t14-,15-,17+,18+,19+,21+/m0/s1. The van der Waals surface area contributed by atoms with Gasteiger partial charge in [0.2, 0.25) is 0 Å². The van der Waals surface area contributed by atoms with Gasteiger partial charge in [0.25, 0.3) is 0 Å². The lowest BCUT2D eigenvalue weighted by Crippen LogP contribution is -2.59. The largest absolute Gasteiger partial charge is 0.504 e. The van der Waals surface area contributed by atoms with Gasteiger partial charge in [-0.15, -0.1) is 0 Å². The van der Waals surface area contributed by atoms with Gasteiger partial charge in [-0.1, -0.05) is 30.3 Å². The molecule has 0 aromatic heterocycles. The average Bonchev–Trinajstić information content (AvgIpc) is 2.80. The van der Waals surface area contributed by atoms with Gasteiger partial charge in [0.1, 0.15) is 31.0 Å². The Morgan fingerprint density at radius 2 is 1.66 bits per heavy atom. The van der Waals surface area contributed by atoms with E-state index in [1.807, 2.05) is 6.07 Å². The number of nitriles is 1. The molecule has 1 saturated heterocycles. The number of phenols is 3. The van der Waals surface area contributed by atoms with Crippen LogP contribution in [-0.2, 0) is 14.2 Å². The van der Waals surface area contributed by atoms with Gasteiger partial charge >= 0.3 is 5.97 Å². The van der Waals surface area contributed by atoms with Crippen molar-refractivity contribution in [2.75, 3.05) is 6.61 Å². The number of carbonyl (C=O) groups is 1. The van der Waals surface area contributed by atoms with Crippen LogP contribution in [0.1, 0.15) is 22.0 Å². The van der Waals surface area contributed by atoms with Crippen molar-refractivity contribution >= 4 is 5.97 Å². The molecule has 170 valence electrons. The van der Waals surface area contributed by atoms with E-state index in [1.54, 1.807) is 30.3 Å². The van der Waals surface area contributed by atoms with Crippen molar-refractivity contribution in [3.8, 4) is 23.3 Å². The van der Waals surface area contributed by atoms with Gasteiger partial charge < -0.3 is 44.8 Å². The fourth-order valence-electron chi connectivity index (χ4n) is 3.08. The predicted molar refractivity (Wildman–Crippen MR) is 104 cm³/mol. The third-order valence-corrected chi connectivity index (χ3v) is 4.84. The van der Waals surface area contributed by atoms with Gasteiger partial charge in [0.15, 0.2) is 29.6 Å². The Bertz CT molecular complexity index is 969. The minimum absolute atomic E-state index is 0.301. The van der Waals surface area contributed by atoms with Crippen LogP contribution in [0.4, 0.5) is 0 Å². The van der Waals surface area contributed by atoms with E-state index in [2.05, 4.69) is 0 Å². The second kappa shape index (κ2) is 9.82. The van der Waals surface area contributed by atoms with Crippen molar-refractivity contribution in [3.63, 3.8) is 0 Å². The minimum Gasteiger partial charge on any atom is -0.504 e. The number of hydrogen-bond acceptors (Lipinski definition) is 11. The van der Waals surface area contributed by atoms with Gasteiger partial charge in [0, 0.05) is 0 Å². The van der Waals surface area contributed by atoms with E-state index in [4.69, 9.17) is 14.2 Å². The Hall–Kier alpha value is -3.40. The van der Waals surface area contributed by atoms with Crippen LogP contribution >= 0.6 is 0 Å². The third kappa shape index (κ3) is 4.91. The van der Waals surface area contributed by atoms with Gasteiger partial charge in [-0.2, -0.15) is 5.26 Å². The van der Waals surface area contributed by atoms with Crippen LogP contribution < -0.4 is 0 Å². The lowest BCUT2D eigenvalue weighted by molar-refractivity contribution is -0.307. The number of carbonyl (C=O) groups excluding carboxylic acids is 1. The number of aliphatic hydroxyl groups is 3. The van der Waals surface area contributed by atoms with Crippen LogP contribution in [0.25, 0.3) is 0 Å². The Morgan fingerprint density at radius 1 is 1.03 bits per heavy atom. The first-order valence-corrected chi connectivity index (χ1v) is 9.44. The highest BCUT2D eigenvalue weighted by molar-refractivity contribution is 5.91. The van der Waals surface area contributed by atoms with Crippen molar-refractivity contribution in [1.82, 2.24) is 0 Å². The number of ether oxygens (including phenoxy) is 3. The van der Waals surface area contributed by atoms with E-state index in [1.165, 1.54) is 0 Å². The average molecular weight is 447 g/mol. The molecular weight excluding hydrogens is 426 g/mol. The molecule has 0 radical (unpaired) electrons. The lowest BCUT2D eigenvalue weighted by atomic mass is 9.99. The van der Waals surface area contributed by atoms with Crippen LogP contribution in [0.15, 0.2) is 42.5 Å².